The zero-order chi connectivity index (χ0) is 16.4. The molecule has 2 N–H and O–H groups in total. The quantitative estimate of drug-likeness (QED) is 0.511. The normalized spacial score (nSPS) is 11.7. The molecule has 116 valence electrons. The molecule has 0 aliphatic heterocycles. The monoisotopic (exact) mass is 388 g/mol. The maximum Gasteiger partial charge on any atom is 0.275 e. The van der Waals surface area contributed by atoms with Gasteiger partial charge in [-0.15, -0.1) is 11.3 Å². The number of nitrogens with zero attached hydrogens (tertiary/aromatic N) is 1. The van der Waals surface area contributed by atoms with Crippen molar-refractivity contribution in [2.45, 2.75) is 6.92 Å². The van der Waals surface area contributed by atoms with Gasteiger partial charge in [0.15, 0.2) is 0 Å². The molecule has 1 heterocycles. The Morgan fingerprint density at radius 1 is 1.22 bits per heavy atom. The Labute approximate surface area is 145 Å². The van der Waals surface area contributed by atoms with E-state index in [9.17, 15) is 9.90 Å². The molecular formula is C17H13BrN2O2S. The number of phenols is 1. The molecule has 0 unspecified atom stereocenters. The van der Waals surface area contributed by atoms with Gasteiger partial charge in [-0.3, -0.25) is 4.79 Å². The van der Waals surface area contributed by atoms with Crippen LogP contribution < -0.4 is 5.43 Å². The van der Waals surface area contributed by atoms with E-state index < -0.39 is 5.91 Å². The number of rotatable bonds is 3. The number of hydrogen-bond acceptors (Lipinski definition) is 4. The van der Waals surface area contributed by atoms with Crippen LogP contribution in [0.4, 0.5) is 0 Å². The number of aromatic hydroxyl groups is 1. The first-order valence-corrected chi connectivity index (χ1v) is 8.47. The highest BCUT2D eigenvalue weighted by atomic mass is 79.9. The number of phenolic OH excluding ortho intramolecular Hbond substituents is 1. The van der Waals surface area contributed by atoms with Crippen molar-refractivity contribution in [3.05, 3.63) is 63.4 Å². The summed E-state index contributed by atoms with van der Waals surface area (Å²) in [7, 11) is 0. The first-order valence-electron chi connectivity index (χ1n) is 6.86. The van der Waals surface area contributed by atoms with E-state index in [4.69, 9.17) is 0 Å². The molecular weight excluding hydrogens is 376 g/mol. The molecule has 4 nitrogen and oxygen atoms in total. The number of nitrogens with one attached hydrogen (secondary N) is 1. The molecule has 1 aromatic heterocycles. The Morgan fingerprint density at radius 3 is 2.78 bits per heavy atom. The number of hydrogen-bond donors (Lipinski definition) is 2. The Kier molecular flexibility index (Phi) is 4.45. The van der Waals surface area contributed by atoms with Crippen LogP contribution in [-0.4, -0.2) is 16.7 Å². The maximum absolute atomic E-state index is 12.1. The Morgan fingerprint density at radius 2 is 2.00 bits per heavy atom. The third kappa shape index (κ3) is 3.43. The number of fused-ring (bicyclic) bond motifs is 1. The van der Waals surface area contributed by atoms with Crippen molar-refractivity contribution in [3.8, 4) is 5.75 Å². The van der Waals surface area contributed by atoms with Crippen molar-refractivity contribution >= 4 is 49.0 Å². The van der Waals surface area contributed by atoms with Gasteiger partial charge in [-0.2, -0.15) is 5.10 Å². The lowest BCUT2D eigenvalue weighted by Crippen LogP contribution is -2.19. The number of amides is 1. The van der Waals surface area contributed by atoms with Crippen molar-refractivity contribution < 1.29 is 9.90 Å². The summed E-state index contributed by atoms with van der Waals surface area (Å²) >= 11 is 4.90. The highest BCUT2D eigenvalue weighted by Crippen LogP contribution is 2.26. The molecule has 2 aromatic carbocycles. The van der Waals surface area contributed by atoms with Gasteiger partial charge >= 0.3 is 0 Å². The summed E-state index contributed by atoms with van der Waals surface area (Å²) in [5, 5.41) is 15.0. The van der Waals surface area contributed by atoms with Gasteiger partial charge < -0.3 is 5.11 Å². The van der Waals surface area contributed by atoms with E-state index in [1.165, 1.54) is 10.8 Å². The van der Waals surface area contributed by atoms with Crippen LogP contribution in [0.25, 0.3) is 10.1 Å². The molecule has 0 bridgehead atoms. The fraction of sp³-hybridized carbons (Fsp3) is 0.0588. The Hall–Kier alpha value is -2.18. The Bertz CT molecular complexity index is 885. The van der Waals surface area contributed by atoms with Gasteiger partial charge in [-0.25, -0.2) is 5.43 Å². The lowest BCUT2D eigenvalue weighted by Gasteiger charge is -2.04. The van der Waals surface area contributed by atoms with Crippen LogP contribution in [0.2, 0.25) is 0 Å². The maximum atomic E-state index is 12.1. The van der Waals surface area contributed by atoms with Gasteiger partial charge in [-0.1, -0.05) is 34.1 Å². The van der Waals surface area contributed by atoms with E-state index in [1.807, 2.05) is 31.2 Å². The summed E-state index contributed by atoms with van der Waals surface area (Å²) in [6.45, 7) is 1.84. The van der Waals surface area contributed by atoms with Crippen LogP contribution in [-0.2, 0) is 0 Å². The molecule has 0 aliphatic rings. The second kappa shape index (κ2) is 6.52. The van der Waals surface area contributed by atoms with E-state index in [0.29, 0.717) is 10.2 Å². The van der Waals surface area contributed by atoms with Crippen molar-refractivity contribution in [1.82, 2.24) is 5.43 Å². The molecule has 3 rings (SSSR count). The topological polar surface area (TPSA) is 61.7 Å². The molecule has 1 amide bonds. The molecule has 6 heteroatoms. The second-order valence-corrected chi connectivity index (χ2v) is 6.95. The standard InChI is InChI=1S/C17H13BrN2O2S/c1-10(16-8-11-4-2-3-5-15(11)23-16)19-20-17(22)13-9-12(18)6-7-14(13)21/h2-9,21H,1H3,(H,20,22)/b19-10+. The van der Waals surface area contributed by atoms with Crippen LogP contribution in [0.1, 0.15) is 22.2 Å². The Balaban J connectivity index is 1.81. The minimum atomic E-state index is -0.454. The zero-order valence-electron chi connectivity index (χ0n) is 12.2. The number of hydrazone groups is 1. The first kappa shape index (κ1) is 15.7. The molecule has 23 heavy (non-hydrogen) atoms. The van der Waals surface area contributed by atoms with Crippen LogP contribution in [0.5, 0.6) is 5.75 Å². The minimum Gasteiger partial charge on any atom is -0.507 e. The van der Waals surface area contributed by atoms with Crippen LogP contribution in [0.3, 0.4) is 0 Å². The number of carbonyl (C=O) groups excluding carboxylic acids is 1. The summed E-state index contributed by atoms with van der Waals surface area (Å²) in [4.78, 5) is 13.1. The van der Waals surface area contributed by atoms with Gasteiger partial charge in [0, 0.05) is 9.17 Å². The van der Waals surface area contributed by atoms with E-state index in [-0.39, 0.29) is 11.3 Å². The highest BCUT2D eigenvalue weighted by molar-refractivity contribution is 9.10. The predicted octanol–water partition coefficient (Wildman–Crippen LogP) is 4.52. The smallest absolute Gasteiger partial charge is 0.275 e. The van der Waals surface area contributed by atoms with Crippen LogP contribution in [0.15, 0.2) is 58.1 Å². The molecule has 0 fully saturated rings. The van der Waals surface area contributed by atoms with Gasteiger partial charge in [0.25, 0.3) is 5.91 Å². The zero-order valence-corrected chi connectivity index (χ0v) is 14.6. The molecule has 0 aliphatic carbocycles. The van der Waals surface area contributed by atoms with Gasteiger partial charge in [0.2, 0.25) is 0 Å². The van der Waals surface area contributed by atoms with E-state index >= 15 is 0 Å². The van der Waals surface area contributed by atoms with E-state index in [1.54, 1.807) is 23.5 Å². The number of carbonyl (C=O) groups is 1. The number of benzene rings is 2. The number of halogens is 1. The van der Waals surface area contributed by atoms with Crippen molar-refractivity contribution in [3.63, 3.8) is 0 Å². The third-order valence-corrected chi connectivity index (χ3v) is 5.03. The van der Waals surface area contributed by atoms with Gasteiger partial charge in [0.1, 0.15) is 5.75 Å². The third-order valence-electron chi connectivity index (χ3n) is 3.31. The highest BCUT2D eigenvalue weighted by Gasteiger charge is 2.11. The van der Waals surface area contributed by atoms with E-state index in [0.717, 1.165) is 10.3 Å². The van der Waals surface area contributed by atoms with Gasteiger partial charge in [-0.05, 0) is 42.6 Å². The van der Waals surface area contributed by atoms with Gasteiger partial charge in [0.05, 0.1) is 16.2 Å². The predicted molar refractivity (Wildman–Crippen MR) is 97.3 cm³/mol. The van der Waals surface area contributed by atoms with E-state index in [2.05, 4.69) is 32.5 Å². The van der Waals surface area contributed by atoms with Crippen molar-refractivity contribution in [2.24, 2.45) is 5.10 Å². The molecule has 0 saturated heterocycles. The lowest BCUT2D eigenvalue weighted by atomic mass is 10.2. The molecule has 3 aromatic rings. The summed E-state index contributed by atoms with van der Waals surface area (Å²) in [6, 6.07) is 14.8. The second-order valence-electron chi connectivity index (χ2n) is 4.95. The largest absolute Gasteiger partial charge is 0.507 e. The van der Waals surface area contributed by atoms with Crippen LogP contribution >= 0.6 is 27.3 Å². The summed E-state index contributed by atoms with van der Waals surface area (Å²) in [5.74, 6) is -0.537. The average molecular weight is 389 g/mol. The average Bonchev–Trinajstić information content (AvgIpc) is 2.98. The lowest BCUT2D eigenvalue weighted by molar-refractivity contribution is 0.0952. The summed E-state index contributed by atoms with van der Waals surface area (Å²) < 4.78 is 1.89. The molecule has 0 saturated carbocycles. The molecule has 0 atom stereocenters. The summed E-state index contributed by atoms with van der Waals surface area (Å²) in [6.07, 6.45) is 0. The summed E-state index contributed by atoms with van der Waals surface area (Å²) in [5.41, 5.74) is 3.37. The fourth-order valence-corrected chi connectivity index (χ4v) is 3.47. The SMILES string of the molecule is C/C(=N\NC(=O)c1cc(Br)ccc1O)c1cc2ccccc2s1. The first-order chi connectivity index (χ1) is 11.0. The molecule has 0 spiro atoms. The minimum absolute atomic E-state index is 0.0829. The van der Waals surface area contributed by atoms with Crippen molar-refractivity contribution in [2.75, 3.05) is 0 Å². The number of thiophene rings is 1. The van der Waals surface area contributed by atoms with Crippen LogP contribution in [0, 0.1) is 0 Å². The van der Waals surface area contributed by atoms with Crippen molar-refractivity contribution in [1.29, 1.82) is 0 Å². The fourth-order valence-electron chi connectivity index (χ4n) is 2.10. The molecule has 0 radical (unpaired) electrons.